The maximum atomic E-state index is 12.2. The fourth-order valence-corrected chi connectivity index (χ4v) is 2.32. The maximum Gasteiger partial charge on any atom is 0.257 e. The molecule has 0 aliphatic carbocycles. The zero-order valence-corrected chi connectivity index (χ0v) is 11.4. The molecule has 1 aliphatic rings. The molecule has 0 bridgehead atoms. The molecule has 3 N–H and O–H groups in total. The predicted molar refractivity (Wildman–Crippen MR) is 71.7 cm³/mol. The molecule has 1 aromatic carbocycles. The van der Waals surface area contributed by atoms with Crippen LogP contribution in [0, 0.1) is 0 Å². The van der Waals surface area contributed by atoms with Crippen LogP contribution in [0.15, 0.2) is 18.2 Å². The highest BCUT2D eigenvalue weighted by molar-refractivity contribution is 5.97. The first-order chi connectivity index (χ1) is 9.41. The van der Waals surface area contributed by atoms with Gasteiger partial charge in [0.1, 0.15) is 11.5 Å². The highest BCUT2D eigenvalue weighted by Crippen LogP contribution is 2.26. The van der Waals surface area contributed by atoms with Gasteiger partial charge >= 0.3 is 0 Å². The number of ether oxygens (including phenoxy) is 1. The molecular formula is C14H19NO5. The molecule has 1 saturated heterocycles. The molecule has 1 aromatic rings. The zero-order chi connectivity index (χ0) is 14.8. The number of phenols is 2. The first-order valence-electron chi connectivity index (χ1n) is 6.49. The van der Waals surface area contributed by atoms with E-state index < -0.39 is 11.5 Å². The normalized spacial score (nSPS) is 17.7. The van der Waals surface area contributed by atoms with Crippen LogP contribution in [-0.2, 0) is 4.74 Å². The van der Waals surface area contributed by atoms with Gasteiger partial charge < -0.3 is 25.0 Å². The van der Waals surface area contributed by atoms with E-state index >= 15 is 0 Å². The Morgan fingerprint density at radius 1 is 1.35 bits per heavy atom. The van der Waals surface area contributed by atoms with Gasteiger partial charge in [0, 0.05) is 39.6 Å². The van der Waals surface area contributed by atoms with Crippen molar-refractivity contribution in [2.45, 2.75) is 18.4 Å². The van der Waals surface area contributed by atoms with Crippen molar-refractivity contribution in [2.24, 2.45) is 0 Å². The fraction of sp³-hybridized carbons (Fsp3) is 0.500. The Balaban J connectivity index is 2.10. The van der Waals surface area contributed by atoms with Gasteiger partial charge in [0.05, 0.1) is 11.2 Å². The molecule has 1 fully saturated rings. The number of carbonyl (C=O) groups excluding carboxylic acids is 1. The van der Waals surface area contributed by atoms with Crippen LogP contribution in [0.1, 0.15) is 23.2 Å². The number of benzene rings is 1. The highest BCUT2D eigenvalue weighted by Gasteiger charge is 2.33. The quantitative estimate of drug-likeness (QED) is 0.710. The molecule has 20 heavy (non-hydrogen) atoms. The van der Waals surface area contributed by atoms with Gasteiger partial charge in [-0.25, -0.2) is 0 Å². The molecule has 0 atom stereocenters. The lowest BCUT2D eigenvalue weighted by molar-refractivity contribution is -0.0734. The second-order valence-corrected chi connectivity index (χ2v) is 5.20. The van der Waals surface area contributed by atoms with E-state index in [0.717, 1.165) is 0 Å². The van der Waals surface area contributed by atoms with Gasteiger partial charge in [-0.1, -0.05) is 0 Å². The zero-order valence-electron chi connectivity index (χ0n) is 11.4. The number of aromatic hydroxyl groups is 2. The number of hydrogen-bond donors (Lipinski definition) is 3. The molecule has 6 heteroatoms. The summed E-state index contributed by atoms with van der Waals surface area (Å²) in [4.78, 5) is 13.6. The van der Waals surface area contributed by atoms with Crippen LogP contribution in [0.4, 0.5) is 0 Å². The van der Waals surface area contributed by atoms with E-state index in [1.165, 1.54) is 23.1 Å². The summed E-state index contributed by atoms with van der Waals surface area (Å²) < 4.78 is 5.19. The summed E-state index contributed by atoms with van der Waals surface area (Å²) in [6.45, 7) is 1.09. The number of hydrogen-bond acceptors (Lipinski definition) is 5. The van der Waals surface area contributed by atoms with Gasteiger partial charge in [0.15, 0.2) is 0 Å². The van der Waals surface area contributed by atoms with Gasteiger partial charge in [-0.2, -0.15) is 0 Å². The first-order valence-corrected chi connectivity index (χ1v) is 6.49. The molecule has 0 saturated carbocycles. The summed E-state index contributed by atoms with van der Waals surface area (Å²) in [5, 5.41) is 29.5. The largest absolute Gasteiger partial charge is 0.508 e. The standard InChI is InChI=1S/C14H19NO5/c1-15(9-14(19)4-6-20-7-5-14)13(18)11-8-10(16)2-3-12(11)17/h2-3,8,16-17,19H,4-7,9H2,1H3. The molecule has 110 valence electrons. The van der Waals surface area contributed by atoms with Crippen molar-refractivity contribution in [3.63, 3.8) is 0 Å². The van der Waals surface area contributed by atoms with Crippen LogP contribution in [0.25, 0.3) is 0 Å². The molecule has 2 rings (SSSR count). The molecular weight excluding hydrogens is 262 g/mol. The minimum Gasteiger partial charge on any atom is -0.508 e. The van der Waals surface area contributed by atoms with E-state index in [4.69, 9.17) is 4.74 Å². The molecule has 1 aliphatic heterocycles. The lowest BCUT2D eigenvalue weighted by Crippen LogP contribution is -2.47. The Morgan fingerprint density at radius 3 is 2.65 bits per heavy atom. The summed E-state index contributed by atoms with van der Waals surface area (Å²) in [6, 6.07) is 3.78. The smallest absolute Gasteiger partial charge is 0.257 e. The van der Waals surface area contributed by atoms with Crippen molar-refractivity contribution in [1.82, 2.24) is 4.90 Å². The van der Waals surface area contributed by atoms with Gasteiger partial charge in [0.25, 0.3) is 5.91 Å². The lowest BCUT2D eigenvalue weighted by Gasteiger charge is -2.35. The Hall–Kier alpha value is -1.79. The minimum atomic E-state index is -0.963. The number of amides is 1. The number of rotatable bonds is 3. The molecule has 1 amide bonds. The second kappa shape index (κ2) is 5.68. The minimum absolute atomic E-state index is 0.0168. The van der Waals surface area contributed by atoms with Crippen LogP contribution >= 0.6 is 0 Å². The first kappa shape index (κ1) is 14.6. The van der Waals surface area contributed by atoms with Crippen LogP contribution in [0.2, 0.25) is 0 Å². The topological polar surface area (TPSA) is 90.2 Å². The van der Waals surface area contributed by atoms with Crippen LogP contribution in [0.5, 0.6) is 11.5 Å². The van der Waals surface area contributed by atoms with Gasteiger partial charge in [-0.15, -0.1) is 0 Å². The van der Waals surface area contributed by atoms with Crippen molar-refractivity contribution in [3.05, 3.63) is 23.8 Å². The third-order valence-corrected chi connectivity index (χ3v) is 3.51. The average Bonchev–Trinajstić information content (AvgIpc) is 2.41. The van der Waals surface area contributed by atoms with E-state index in [2.05, 4.69) is 0 Å². The monoisotopic (exact) mass is 281 g/mol. The number of carbonyl (C=O) groups is 1. The third kappa shape index (κ3) is 3.20. The number of nitrogens with zero attached hydrogens (tertiary/aromatic N) is 1. The van der Waals surface area contributed by atoms with Gasteiger partial charge in [-0.05, 0) is 18.2 Å². The van der Waals surface area contributed by atoms with E-state index in [-0.39, 0.29) is 23.6 Å². The number of phenolic OH excluding ortho intramolecular Hbond substituents is 2. The molecule has 1 heterocycles. The molecule has 0 aromatic heterocycles. The molecule has 0 radical (unpaired) electrons. The molecule has 0 spiro atoms. The van der Waals surface area contributed by atoms with Crippen molar-refractivity contribution in [2.75, 3.05) is 26.8 Å². The fourth-order valence-electron chi connectivity index (χ4n) is 2.32. The number of likely N-dealkylation sites (N-methyl/N-ethyl adjacent to an activating group) is 1. The summed E-state index contributed by atoms with van der Waals surface area (Å²) in [6.07, 6.45) is 0.938. The van der Waals surface area contributed by atoms with Crippen LogP contribution in [-0.4, -0.2) is 58.5 Å². The summed E-state index contributed by atoms with van der Waals surface area (Å²) >= 11 is 0. The van der Waals surface area contributed by atoms with Crippen molar-refractivity contribution < 1.29 is 24.9 Å². The van der Waals surface area contributed by atoms with Crippen molar-refractivity contribution >= 4 is 5.91 Å². The van der Waals surface area contributed by atoms with E-state index in [0.29, 0.717) is 26.1 Å². The van der Waals surface area contributed by atoms with Crippen molar-refractivity contribution in [1.29, 1.82) is 0 Å². The van der Waals surface area contributed by atoms with Crippen molar-refractivity contribution in [3.8, 4) is 11.5 Å². The number of aliphatic hydroxyl groups is 1. The predicted octanol–water partition coefficient (Wildman–Crippen LogP) is 0.711. The molecule has 0 unspecified atom stereocenters. The van der Waals surface area contributed by atoms with E-state index in [1.54, 1.807) is 7.05 Å². The van der Waals surface area contributed by atoms with Crippen LogP contribution < -0.4 is 0 Å². The summed E-state index contributed by atoms with van der Waals surface area (Å²) in [5.74, 6) is -0.735. The Labute approximate surface area is 117 Å². The lowest BCUT2D eigenvalue weighted by atomic mass is 9.93. The van der Waals surface area contributed by atoms with Gasteiger partial charge in [0.2, 0.25) is 0 Å². The summed E-state index contributed by atoms with van der Waals surface area (Å²) in [5.41, 5.74) is -0.946. The Kier molecular flexibility index (Phi) is 4.15. The van der Waals surface area contributed by atoms with E-state index in [9.17, 15) is 20.1 Å². The summed E-state index contributed by atoms with van der Waals surface area (Å²) in [7, 11) is 1.55. The Bertz CT molecular complexity index is 496. The SMILES string of the molecule is CN(CC1(O)CCOCC1)C(=O)c1cc(O)ccc1O. The Morgan fingerprint density at radius 2 is 2.00 bits per heavy atom. The second-order valence-electron chi connectivity index (χ2n) is 5.20. The van der Waals surface area contributed by atoms with Crippen LogP contribution in [0.3, 0.4) is 0 Å². The van der Waals surface area contributed by atoms with E-state index in [1.807, 2.05) is 0 Å². The average molecular weight is 281 g/mol. The molecule has 6 nitrogen and oxygen atoms in total. The maximum absolute atomic E-state index is 12.2. The highest BCUT2D eigenvalue weighted by atomic mass is 16.5. The third-order valence-electron chi connectivity index (χ3n) is 3.51. The van der Waals surface area contributed by atoms with Gasteiger partial charge in [-0.3, -0.25) is 4.79 Å².